The zero-order valence-corrected chi connectivity index (χ0v) is 10.3. The van der Waals surface area contributed by atoms with E-state index in [2.05, 4.69) is 0 Å². The smallest absolute Gasteiger partial charge is 0.163 e. The summed E-state index contributed by atoms with van der Waals surface area (Å²) in [4.78, 5) is 11.5. The molecule has 0 aliphatic heterocycles. The third kappa shape index (κ3) is 1.83. The Bertz CT molecular complexity index is 649. The molecule has 90 valence electrons. The van der Waals surface area contributed by atoms with Gasteiger partial charge in [-0.2, -0.15) is 0 Å². The first kappa shape index (κ1) is 11.4. The van der Waals surface area contributed by atoms with Crippen molar-refractivity contribution in [3.8, 4) is 11.1 Å². The zero-order chi connectivity index (χ0) is 12.7. The highest BCUT2D eigenvalue weighted by Gasteiger charge is 2.19. The Hall–Kier alpha value is -1.67. The van der Waals surface area contributed by atoms with Crippen molar-refractivity contribution in [2.45, 2.75) is 12.8 Å². The van der Waals surface area contributed by atoms with Gasteiger partial charge in [-0.1, -0.05) is 29.8 Å². The van der Waals surface area contributed by atoms with Gasteiger partial charge in [0, 0.05) is 22.6 Å². The second-order valence-corrected chi connectivity index (χ2v) is 4.83. The fraction of sp³-hybridized carbons (Fsp3) is 0.133. The predicted octanol–water partition coefficient (Wildman–Crippen LogP) is 4.28. The van der Waals surface area contributed by atoms with E-state index in [-0.39, 0.29) is 11.6 Å². The summed E-state index contributed by atoms with van der Waals surface area (Å²) in [5, 5.41) is 0.515. The Morgan fingerprint density at radius 3 is 2.67 bits per heavy atom. The van der Waals surface area contributed by atoms with Crippen LogP contribution in [0.4, 0.5) is 4.39 Å². The second-order valence-electron chi connectivity index (χ2n) is 4.42. The van der Waals surface area contributed by atoms with E-state index >= 15 is 0 Å². The number of carbonyl (C=O) groups is 1. The van der Waals surface area contributed by atoms with Crippen molar-refractivity contribution in [2.75, 3.05) is 0 Å². The highest BCUT2D eigenvalue weighted by molar-refractivity contribution is 6.33. The average Bonchev–Trinajstić information content (AvgIpc) is 2.74. The van der Waals surface area contributed by atoms with Crippen LogP contribution >= 0.6 is 11.6 Å². The minimum Gasteiger partial charge on any atom is -0.294 e. The summed E-state index contributed by atoms with van der Waals surface area (Å²) in [5.74, 6) is -0.132. The number of carbonyl (C=O) groups excluding carboxylic acids is 1. The summed E-state index contributed by atoms with van der Waals surface area (Å²) in [6.07, 6.45) is 1.32. The van der Waals surface area contributed by atoms with Crippen LogP contribution in [0.3, 0.4) is 0 Å². The summed E-state index contributed by atoms with van der Waals surface area (Å²) < 4.78 is 13.3. The molecule has 0 N–H and O–H groups in total. The van der Waals surface area contributed by atoms with Gasteiger partial charge in [-0.05, 0) is 35.7 Å². The molecule has 0 bridgehead atoms. The molecule has 1 aliphatic carbocycles. The van der Waals surface area contributed by atoms with Crippen molar-refractivity contribution < 1.29 is 9.18 Å². The van der Waals surface area contributed by atoms with Gasteiger partial charge in [0.2, 0.25) is 0 Å². The average molecular weight is 261 g/mol. The number of rotatable bonds is 1. The minimum atomic E-state index is -0.314. The van der Waals surface area contributed by atoms with Crippen LogP contribution in [0.5, 0.6) is 0 Å². The first-order chi connectivity index (χ1) is 8.65. The van der Waals surface area contributed by atoms with Gasteiger partial charge >= 0.3 is 0 Å². The minimum absolute atomic E-state index is 0.182. The Balaban J connectivity index is 2.13. The zero-order valence-electron chi connectivity index (χ0n) is 9.54. The molecule has 0 fully saturated rings. The van der Waals surface area contributed by atoms with Crippen LogP contribution in [0, 0.1) is 5.82 Å². The monoisotopic (exact) mass is 260 g/mol. The third-order valence-corrected chi connectivity index (χ3v) is 3.60. The number of benzene rings is 2. The Morgan fingerprint density at radius 1 is 1.00 bits per heavy atom. The molecule has 0 unspecified atom stereocenters. The summed E-state index contributed by atoms with van der Waals surface area (Å²) in [6, 6.07) is 9.86. The number of ketones is 1. The van der Waals surface area contributed by atoms with Gasteiger partial charge in [0.1, 0.15) is 5.82 Å². The van der Waals surface area contributed by atoms with Crippen LogP contribution in [0.25, 0.3) is 11.1 Å². The van der Waals surface area contributed by atoms with E-state index in [0.717, 1.165) is 23.1 Å². The number of Topliss-reactive ketones (excluding diaryl/α,β-unsaturated/α-hetero) is 1. The Labute approximate surface area is 109 Å². The molecule has 0 saturated carbocycles. The summed E-state index contributed by atoms with van der Waals surface area (Å²) in [7, 11) is 0. The molecule has 0 radical (unpaired) electrons. The summed E-state index contributed by atoms with van der Waals surface area (Å²) >= 11 is 6.08. The maximum atomic E-state index is 13.3. The molecule has 3 rings (SSSR count). The van der Waals surface area contributed by atoms with E-state index in [1.807, 2.05) is 12.1 Å². The highest BCUT2D eigenvalue weighted by atomic mass is 35.5. The van der Waals surface area contributed by atoms with Crippen molar-refractivity contribution in [2.24, 2.45) is 0 Å². The second kappa shape index (κ2) is 4.21. The van der Waals surface area contributed by atoms with E-state index in [9.17, 15) is 9.18 Å². The van der Waals surface area contributed by atoms with Gasteiger partial charge in [0.25, 0.3) is 0 Å². The quantitative estimate of drug-likeness (QED) is 0.748. The fourth-order valence-corrected chi connectivity index (χ4v) is 2.57. The summed E-state index contributed by atoms with van der Waals surface area (Å²) in [5.41, 5.74) is 3.33. The normalized spacial score (nSPS) is 13.8. The Morgan fingerprint density at radius 2 is 1.83 bits per heavy atom. The van der Waals surface area contributed by atoms with Crippen LogP contribution in [0.15, 0.2) is 36.4 Å². The van der Waals surface area contributed by atoms with Crippen molar-refractivity contribution in [1.29, 1.82) is 0 Å². The van der Waals surface area contributed by atoms with Gasteiger partial charge in [-0.15, -0.1) is 0 Å². The van der Waals surface area contributed by atoms with Crippen LogP contribution in [-0.4, -0.2) is 5.78 Å². The molecule has 2 aromatic rings. The first-order valence-corrected chi connectivity index (χ1v) is 6.14. The molecule has 3 heteroatoms. The van der Waals surface area contributed by atoms with Gasteiger partial charge in [0.15, 0.2) is 5.78 Å². The third-order valence-electron chi connectivity index (χ3n) is 3.27. The van der Waals surface area contributed by atoms with Gasteiger partial charge < -0.3 is 0 Å². The number of halogens is 2. The molecule has 0 saturated heterocycles. The number of hydrogen-bond acceptors (Lipinski definition) is 1. The molecule has 0 heterocycles. The fourth-order valence-electron chi connectivity index (χ4n) is 2.34. The van der Waals surface area contributed by atoms with Crippen LogP contribution in [-0.2, 0) is 6.42 Å². The molecule has 1 nitrogen and oxygen atoms in total. The number of fused-ring (bicyclic) bond motifs is 1. The lowest BCUT2D eigenvalue weighted by Crippen LogP contribution is -1.91. The number of hydrogen-bond donors (Lipinski definition) is 0. The van der Waals surface area contributed by atoms with E-state index < -0.39 is 0 Å². The van der Waals surface area contributed by atoms with Crippen LogP contribution in [0.1, 0.15) is 22.3 Å². The van der Waals surface area contributed by atoms with Gasteiger partial charge in [0.05, 0.1) is 0 Å². The topological polar surface area (TPSA) is 17.1 Å². The molecule has 0 aromatic heterocycles. The number of aryl methyl sites for hydroxylation is 1. The molecule has 0 atom stereocenters. The maximum absolute atomic E-state index is 13.3. The molecule has 2 aromatic carbocycles. The lowest BCUT2D eigenvalue weighted by atomic mass is 10.0. The maximum Gasteiger partial charge on any atom is 0.163 e. The molecule has 18 heavy (non-hydrogen) atoms. The summed E-state index contributed by atoms with van der Waals surface area (Å²) in [6.45, 7) is 0. The van der Waals surface area contributed by atoms with Crippen molar-refractivity contribution in [3.05, 3.63) is 58.4 Å². The van der Waals surface area contributed by atoms with Gasteiger partial charge in [-0.25, -0.2) is 4.39 Å². The molecule has 1 aliphatic rings. The Kier molecular flexibility index (Phi) is 2.67. The van der Waals surface area contributed by atoms with Crippen molar-refractivity contribution >= 4 is 17.4 Å². The lowest BCUT2D eigenvalue weighted by Gasteiger charge is -2.07. The van der Waals surface area contributed by atoms with E-state index in [1.165, 1.54) is 12.1 Å². The van der Waals surface area contributed by atoms with Crippen LogP contribution < -0.4 is 0 Å². The van der Waals surface area contributed by atoms with E-state index in [0.29, 0.717) is 17.0 Å². The molecule has 0 amide bonds. The predicted molar refractivity (Wildman–Crippen MR) is 69.5 cm³/mol. The lowest BCUT2D eigenvalue weighted by molar-refractivity contribution is 0.0994. The largest absolute Gasteiger partial charge is 0.294 e. The first-order valence-electron chi connectivity index (χ1n) is 5.77. The van der Waals surface area contributed by atoms with Gasteiger partial charge in [-0.3, -0.25) is 4.79 Å². The van der Waals surface area contributed by atoms with Crippen LogP contribution in [0.2, 0.25) is 5.02 Å². The SMILES string of the molecule is O=C1CCc2cc(-c3cc(F)ccc3Cl)ccc21. The van der Waals surface area contributed by atoms with E-state index in [4.69, 9.17) is 11.6 Å². The van der Waals surface area contributed by atoms with E-state index in [1.54, 1.807) is 12.1 Å². The molecular weight excluding hydrogens is 251 g/mol. The van der Waals surface area contributed by atoms with Crippen molar-refractivity contribution in [1.82, 2.24) is 0 Å². The molecule has 0 spiro atoms. The molecular formula is C15H10ClFO. The standard InChI is InChI=1S/C15H10ClFO/c16-14-5-3-11(17)8-13(14)10-1-4-12-9(7-10)2-6-15(12)18/h1,3-5,7-8H,2,6H2. The highest BCUT2D eigenvalue weighted by Crippen LogP contribution is 2.32. The van der Waals surface area contributed by atoms with Crippen molar-refractivity contribution in [3.63, 3.8) is 0 Å².